The van der Waals surface area contributed by atoms with E-state index in [0.29, 0.717) is 19.5 Å². The number of β-amino-alcohol motifs (C(OH)–C–C–N with tert-alkyl or cyclic N) is 1. The standard InChI is InChI=1S/C31H47N5O4S/c1-21-27(41-20-34-21)23-14-12-22(13-15-23)18-33-29(39)25-17-24(37)19-36(25)30(40)28(31(2,3)4)35-26(38)11-9-7-5-6-8-10-16-32/h12-15,20,24-25,28,37H,5-11,16-19,32H2,1-4H3,(H,33,39)(H,35,38)/t24-,25+,28?/m1/s1. The van der Waals surface area contributed by atoms with Gasteiger partial charge < -0.3 is 26.4 Å². The second kappa shape index (κ2) is 15.4. The molecule has 1 saturated heterocycles. The first kappa shape index (κ1) is 32.7. The number of aryl methyl sites for hydroxylation is 1. The summed E-state index contributed by atoms with van der Waals surface area (Å²) in [5.41, 5.74) is 9.78. The molecule has 1 aromatic carbocycles. The highest BCUT2D eigenvalue weighted by Gasteiger charge is 2.44. The van der Waals surface area contributed by atoms with E-state index in [-0.39, 0.29) is 30.7 Å². The number of aromatic nitrogens is 1. The van der Waals surface area contributed by atoms with Crippen molar-refractivity contribution in [3.8, 4) is 10.4 Å². The van der Waals surface area contributed by atoms with Crippen LogP contribution in [0.25, 0.3) is 10.4 Å². The quantitative estimate of drug-likeness (QED) is 0.248. The summed E-state index contributed by atoms with van der Waals surface area (Å²) in [5.74, 6) is -0.822. The Balaban J connectivity index is 1.57. The van der Waals surface area contributed by atoms with E-state index < -0.39 is 23.6 Å². The summed E-state index contributed by atoms with van der Waals surface area (Å²) < 4.78 is 0. The van der Waals surface area contributed by atoms with Crippen molar-refractivity contribution in [1.29, 1.82) is 0 Å². The predicted octanol–water partition coefficient (Wildman–Crippen LogP) is 3.92. The first-order valence-corrected chi connectivity index (χ1v) is 15.6. The van der Waals surface area contributed by atoms with Gasteiger partial charge in [0.25, 0.3) is 0 Å². The smallest absolute Gasteiger partial charge is 0.246 e. The third kappa shape index (κ3) is 9.61. The minimum Gasteiger partial charge on any atom is -0.391 e. The summed E-state index contributed by atoms with van der Waals surface area (Å²) in [4.78, 5) is 46.6. The number of amides is 3. The van der Waals surface area contributed by atoms with E-state index in [1.807, 2.05) is 57.5 Å². The number of carbonyl (C=O) groups is 3. The molecule has 0 spiro atoms. The normalized spacial score (nSPS) is 17.9. The van der Waals surface area contributed by atoms with Crippen molar-refractivity contribution in [1.82, 2.24) is 20.5 Å². The summed E-state index contributed by atoms with van der Waals surface area (Å²) in [6.07, 6.45) is 5.75. The molecule has 2 aromatic rings. The van der Waals surface area contributed by atoms with Crippen LogP contribution in [-0.2, 0) is 20.9 Å². The van der Waals surface area contributed by atoms with Crippen molar-refractivity contribution in [2.24, 2.45) is 11.1 Å². The molecule has 3 atom stereocenters. The van der Waals surface area contributed by atoms with Gasteiger partial charge in [-0.05, 0) is 42.9 Å². The zero-order valence-corrected chi connectivity index (χ0v) is 25.8. The molecule has 1 aliphatic heterocycles. The number of thiazole rings is 1. The van der Waals surface area contributed by atoms with Crippen molar-refractivity contribution in [2.45, 2.75) is 104 Å². The lowest BCUT2D eigenvalue weighted by Crippen LogP contribution is -2.57. The van der Waals surface area contributed by atoms with Crippen LogP contribution < -0.4 is 16.4 Å². The van der Waals surface area contributed by atoms with Gasteiger partial charge in [-0.25, -0.2) is 4.98 Å². The van der Waals surface area contributed by atoms with E-state index in [2.05, 4.69) is 15.6 Å². The minimum atomic E-state index is -0.803. The van der Waals surface area contributed by atoms with Crippen LogP contribution in [0.5, 0.6) is 0 Å². The molecule has 41 heavy (non-hydrogen) atoms. The Hall–Kier alpha value is -2.82. The number of likely N-dealkylation sites (tertiary alicyclic amines) is 1. The van der Waals surface area contributed by atoms with Crippen LogP contribution in [-0.4, -0.2) is 64.0 Å². The molecule has 2 heterocycles. The molecule has 3 amide bonds. The number of nitrogens with zero attached hydrogens (tertiary/aromatic N) is 2. The van der Waals surface area contributed by atoms with Crippen LogP contribution in [0.15, 0.2) is 29.8 Å². The Morgan fingerprint density at radius 1 is 1.10 bits per heavy atom. The van der Waals surface area contributed by atoms with E-state index in [0.717, 1.165) is 60.2 Å². The number of carbonyl (C=O) groups excluding carboxylic acids is 3. The number of nitrogens with one attached hydrogen (secondary N) is 2. The zero-order valence-electron chi connectivity index (χ0n) is 24.9. The van der Waals surface area contributed by atoms with Crippen molar-refractivity contribution < 1.29 is 19.5 Å². The summed E-state index contributed by atoms with van der Waals surface area (Å²) in [7, 11) is 0. The Bertz CT molecular complexity index is 1140. The van der Waals surface area contributed by atoms with E-state index in [9.17, 15) is 19.5 Å². The topological polar surface area (TPSA) is 138 Å². The fourth-order valence-corrected chi connectivity index (χ4v) is 5.96. The average molecular weight is 586 g/mol. The third-order valence-electron chi connectivity index (χ3n) is 7.57. The first-order valence-electron chi connectivity index (χ1n) is 14.8. The maximum atomic E-state index is 13.7. The van der Waals surface area contributed by atoms with Gasteiger partial charge in [0, 0.05) is 25.9 Å². The number of nitrogens with two attached hydrogens (primary N) is 1. The first-order chi connectivity index (χ1) is 19.5. The summed E-state index contributed by atoms with van der Waals surface area (Å²) in [6.45, 7) is 8.74. The van der Waals surface area contributed by atoms with Gasteiger partial charge in [0.15, 0.2) is 0 Å². The van der Waals surface area contributed by atoms with E-state index in [1.165, 1.54) is 4.90 Å². The molecule has 0 saturated carbocycles. The number of unbranched alkanes of at least 4 members (excludes halogenated alkanes) is 5. The maximum Gasteiger partial charge on any atom is 0.246 e. The molecule has 1 aromatic heterocycles. The molecule has 0 radical (unpaired) electrons. The van der Waals surface area contributed by atoms with Crippen molar-refractivity contribution in [3.63, 3.8) is 0 Å². The Morgan fingerprint density at radius 3 is 2.37 bits per heavy atom. The number of benzene rings is 1. The van der Waals surface area contributed by atoms with Crippen LogP contribution in [0.1, 0.15) is 83.4 Å². The van der Waals surface area contributed by atoms with Gasteiger partial charge in [-0.15, -0.1) is 11.3 Å². The molecule has 3 rings (SSSR count). The Morgan fingerprint density at radius 2 is 1.76 bits per heavy atom. The second-order valence-corrected chi connectivity index (χ2v) is 13.0. The fourth-order valence-electron chi connectivity index (χ4n) is 5.15. The molecule has 10 heteroatoms. The largest absolute Gasteiger partial charge is 0.391 e. The fraction of sp³-hybridized carbons (Fsp3) is 0.613. The molecule has 1 aliphatic rings. The molecule has 1 unspecified atom stereocenters. The highest BCUT2D eigenvalue weighted by atomic mass is 32.1. The van der Waals surface area contributed by atoms with Gasteiger partial charge in [-0.1, -0.05) is 70.7 Å². The minimum absolute atomic E-state index is 0.0606. The summed E-state index contributed by atoms with van der Waals surface area (Å²) >= 11 is 1.59. The number of hydrogen-bond donors (Lipinski definition) is 4. The predicted molar refractivity (Wildman–Crippen MR) is 163 cm³/mol. The highest BCUT2D eigenvalue weighted by molar-refractivity contribution is 7.13. The van der Waals surface area contributed by atoms with E-state index in [4.69, 9.17) is 5.73 Å². The van der Waals surface area contributed by atoms with Gasteiger partial charge in [0.2, 0.25) is 17.7 Å². The number of aliphatic hydroxyl groups is 1. The monoisotopic (exact) mass is 585 g/mol. The molecule has 226 valence electrons. The lowest BCUT2D eigenvalue weighted by Gasteiger charge is -2.35. The molecule has 9 nitrogen and oxygen atoms in total. The van der Waals surface area contributed by atoms with Crippen LogP contribution in [0.2, 0.25) is 0 Å². The SMILES string of the molecule is Cc1ncsc1-c1ccc(CNC(=O)[C@@H]2C[C@@H](O)CN2C(=O)C(NC(=O)CCCCCCCCN)C(C)(C)C)cc1. The molecule has 5 N–H and O–H groups in total. The van der Waals surface area contributed by atoms with Crippen LogP contribution in [0.4, 0.5) is 0 Å². The van der Waals surface area contributed by atoms with Gasteiger partial charge in [0.05, 0.1) is 22.2 Å². The van der Waals surface area contributed by atoms with Crippen molar-refractivity contribution in [2.75, 3.05) is 13.1 Å². The van der Waals surface area contributed by atoms with Gasteiger partial charge >= 0.3 is 0 Å². The van der Waals surface area contributed by atoms with Gasteiger partial charge in [-0.2, -0.15) is 0 Å². The van der Waals surface area contributed by atoms with Gasteiger partial charge in [0.1, 0.15) is 12.1 Å². The molecule has 1 fully saturated rings. The number of aliphatic hydroxyl groups excluding tert-OH is 1. The third-order valence-corrected chi connectivity index (χ3v) is 8.55. The average Bonchev–Trinajstić information content (AvgIpc) is 3.54. The second-order valence-electron chi connectivity index (χ2n) is 12.1. The number of rotatable bonds is 14. The van der Waals surface area contributed by atoms with Gasteiger partial charge in [-0.3, -0.25) is 14.4 Å². The molecular formula is C31H47N5O4S. The Labute approximate surface area is 248 Å². The lowest BCUT2D eigenvalue weighted by molar-refractivity contribution is -0.144. The summed E-state index contributed by atoms with van der Waals surface area (Å²) in [6, 6.07) is 6.35. The highest BCUT2D eigenvalue weighted by Crippen LogP contribution is 2.28. The molecule has 0 aliphatic carbocycles. The zero-order chi connectivity index (χ0) is 30.0. The van der Waals surface area contributed by atoms with Crippen LogP contribution in [0, 0.1) is 12.3 Å². The van der Waals surface area contributed by atoms with Crippen molar-refractivity contribution >= 4 is 29.1 Å². The molecular weight excluding hydrogens is 538 g/mol. The van der Waals surface area contributed by atoms with E-state index in [1.54, 1.807) is 11.3 Å². The van der Waals surface area contributed by atoms with Crippen LogP contribution in [0.3, 0.4) is 0 Å². The molecule has 0 bridgehead atoms. The van der Waals surface area contributed by atoms with Crippen molar-refractivity contribution in [3.05, 3.63) is 41.0 Å². The van der Waals surface area contributed by atoms with Crippen LogP contribution >= 0.6 is 11.3 Å². The summed E-state index contributed by atoms with van der Waals surface area (Å²) in [5, 5.41) is 16.3. The van der Waals surface area contributed by atoms with E-state index >= 15 is 0 Å². The maximum absolute atomic E-state index is 13.7. The number of hydrogen-bond acceptors (Lipinski definition) is 7. The Kier molecular flexibility index (Phi) is 12.3. The lowest BCUT2D eigenvalue weighted by atomic mass is 9.85.